The second-order valence-electron chi connectivity index (χ2n) is 6.80. The van der Waals surface area contributed by atoms with E-state index in [1.807, 2.05) is 21.8 Å². The predicted molar refractivity (Wildman–Crippen MR) is 95.1 cm³/mol. The Hall–Kier alpha value is -3.15. The molecule has 0 unspecified atom stereocenters. The van der Waals surface area contributed by atoms with Crippen LogP contribution in [-0.4, -0.2) is 65.3 Å². The summed E-state index contributed by atoms with van der Waals surface area (Å²) in [4.78, 5) is 39.9. The topological polar surface area (TPSA) is 121 Å². The van der Waals surface area contributed by atoms with Crippen molar-refractivity contribution in [2.45, 2.75) is 26.4 Å². The zero-order valence-electron chi connectivity index (χ0n) is 15.6. The third-order valence-corrected chi connectivity index (χ3v) is 3.59. The first-order valence-corrected chi connectivity index (χ1v) is 8.39. The van der Waals surface area contributed by atoms with E-state index in [0.717, 1.165) is 0 Å². The Balaban J connectivity index is 1.80. The van der Waals surface area contributed by atoms with Crippen molar-refractivity contribution in [3.8, 4) is 6.07 Å². The van der Waals surface area contributed by atoms with Crippen molar-refractivity contribution in [3.05, 3.63) is 23.7 Å². The van der Waals surface area contributed by atoms with Crippen LogP contribution in [0.15, 0.2) is 18.1 Å². The van der Waals surface area contributed by atoms with E-state index in [1.165, 1.54) is 12.4 Å². The summed E-state index contributed by atoms with van der Waals surface area (Å²) >= 11 is 0. The smallest absolute Gasteiger partial charge is 0.431 e. The zero-order valence-corrected chi connectivity index (χ0v) is 15.6. The number of hydrogen-bond acceptors (Lipinski definition) is 9. The van der Waals surface area contributed by atoms with Crippen molar-refractivity contribution in [2.75, 3.05) is 37.7 Å². The molecule has 0 aromatic carbocycles. The molecule has 0 aliphatic carbocycles. The van der Waals surface area contributed by atoms with Crippen LogP contribution in [0.25, 0.3) is 0 Å². The zero-order chi connectivity index (χ0) is 19.9. The fraction of sp³-hybridized carbons (Fsp3) is 0.529. The van der Waals surface area contributed by atoms with E-state index in [2.05, 4.69) is 15.4 Å². The van der Waals surface area contributed by atoms with Gasteiger partial charge in [-0.3, -0.25) is 4.84 Å². The van der Waals surface area contributed by atoms with Crippen LogP contribution < -0.4 is 10.4 Å². The summed E-state index contributed by atoms with van der Waals surface area (Å²) in [6.07, 6.45) is 2.22. The molecule has 10 heteroatoms. The molecule has 1 aliphatic heterocycles. The van der Waals surface area contributed by atoms with Gasteiger partial charge in [-0.25, -0.2) is 19.6 Å². The quantitative estimate of drug-likeness (QED) is 0.584. The lowest BCUT2D eigenvalue weighted by molar-refractivity contribution is -0.00513. The highest BCUT2D eigenvalue weighted by Gasteiger charge is 2.22. The average molecular weight is 374 g/mol. The van der Waals surface area contributed by atoms with Crippen molar-refractivity contribution in [1.29, 1.82) is 5.26 Å². The number of hydrogen-bond donors (Lipinski definition) is 1. The fourth-order valence-electron chi connectivity index (χ4n) is 2.37. The molecule has 1 amide bonds. The number of hydroxylamine groups is 1. The van der Waals surface area contributed by atoms with Crippen LogP contribution in [0.5, 0.6) is 0 Å². The number of nitrogens with one attached hydrogen (secondary N) is 1. The number of ether oxygens (including phenoxy) is 1. The van der Waals surface area contributed by atoms with Crippen LogP contribution in [0.2, 0.25) is 0 Å². The number of nitrogens with zero attached hydrogens (tertiary/aromatic N) is 5. The minimum atomic E-state index is -0.726. The van der Waals surface area contributed by atoms with Crippen molar-refractivity contribution in [2.24, 2.45) is 0 Å². The third kappa shape index (κ3) is 6.26. The molecule has 0 radical (unpaired) electrons. The lowest BCUT2D eigenvalue weighted by atomic mass is 10.2. The SMILES string of the molecule is CC(C)(C)OC(=O)NOCC(=C=O)N1CCN(c2ncc(C#N)cn2)CC1. The van der Waals surface area contributed by atoms with Gasteiger partial charge < -0.3 is 14.5 Å². The highest BCUT2D eigenvalue weighted by molar-refractivity contribution is 5.66. The van der Waals surface area contributed by atoms with Crippen molar-refractivity contribution >= 4 is 18.0 Å². The van der Waals surface area contributed by atoms with Crippen LogP contribution in [0.4, 0.5) is 10.7 Å². The molecular weight excluding hydrogens is 352 g/mol. The normalized spacial score (nSPS) is 14.1. The van der Waals surface area contributed by atoms with Gasteiger partial charge in [-0.2, -0.15) is 10.7 Å². The largest absolute Gasteiger partial charge is 0.442 e. The van der Waals surface area contributed by atoms with Gasteiger partial charge in [0.1, 0.15) is 29.9 Å². The predicted octanol–water partition coefficient (Wildman–Crippen LogP) is 0.642. The van der Waals surface area contributed by atoms with Gasteiger partial charge in [0.25, 0.3) is 0 Å². The molecule has 1 aromatic heterocycles. The summed E-state index contributed by atoms with van der Waals surface area (Å²) in [6.45, 7) is 7.37. The van der Waals surface area contributed by atoms with E-state index in [4.69, 9.17) is 14.8 Å². The molecule has 2 rings (SSSR count). The van der Waals surface area contributed by atoms with Crippen molar-refractivity contribution < 1.29 is 19.2 Å². The van der Waals surface area contributed by atoms with E-state index in [-0.39, 0.29) is 6.61 Å². The van der Waals surface area contributed by atoms with Gasteiger partial charge in [0.2, 0.25) is 5.95 Å². The number of anilines is 1. The summed E-state index contributed by atoms with van der Waals surface area (Å²) in [5.41, 5.74) is 2.20. The van der Waals surface area contributed by atoms with E-state index in [9.17, 15) is 9.59 Å². The minimum Gasteiger partial charge on any atom is -0.442 e. The number of aromatic nitrogens is 2. The maximum atomic E-state index is 11.5. The molecule has 0 saturated carbocycles. The van der Waals surface area contributed by atoms with Gasteiger partial charge in [-0.15, -0.1) is 0 Å². The Bertz CT molecular complexity index is 738. The molecule has 1 aromatic rings. The van der Waals surface area contributed by atoms with Gasteiger partial charge in [-0.1, -0.05) is 0 Å². The monoisotopic (exact) mass is 374 g/mol. The molecule has 144 valence electrons. The molecule has 2 heterocycles. The number of carbonyl (C=O) groups excluding carboxylic acids is 2. The second kappa shape index (κ2) is 8.98. The first-order chi connectivity index (χ1) is 12.8. The molecule has 1 saturated heterocycles. The van der Waals surface area contributed by atoms with Gasteiger partial charge in [-0.05, 0) is 20.8 Å². The molecule has 27 heavy (non-hydrogen) atoms. The van der Waals surface area contributed by atoms with E-state index in [1.54, 1.807) is 20.8 Å². The standard InChI is InChI=1S/C17H22N6O4/c1-17(2,3)27-16(25)21-26-12-14(11-24)22-4-6-23(7-5-22)15-19-9-13(8-18)10-20-15/h9-10H,4-7,12H2,1-3H3,(H,21,25). The molecule has 1 N–H and O–H groups in total. The average Bonchev–Trinajstić information content (AvgIpc) is 2.64. The number of carbonyl (C=O) groups is 1. The van der Waals surface area contributed by atoms with Gasteiger partial charge >= 0.3 is 6.09 Å². The van der Waals surface area contributed by atoms with Crippen LogP contribution in [-0.2, 0) is 14.4 Å². The highest BCUT2D eigenvalue weighted by Crippen LogP contribution is 2.13. The van der Waals surface area contributed by atoms with E-state index in [0.29, 0.717) is 43.4 Å². The summed E-state index contributed by atoms with van der Waals surface area (Å²) in [7, 11) is 0. The van der Waals surface area contributed by atoms with Crippen LogP contribution >= 0.6 is 0 Å². The number of piperazine rings is 1. The Kier molecular flexibility index (Phi) is 6.71. The lowest BCUT2D eigenvalue weighted by Crippen LogP contribution is -2.47. The van der Waals surface area contributed by atoms with E-state index >= 15 is 0 Å². The maximum absolute atomic E-state index is 11.5. The first kappa shape index (κ1) is 20.2. The molecule has 0 atom stereocenters. The lowest BCUT2D eigenvalue weighted by Gasteiger charge is -2.35. The van der Waals surface area contributed by atoms with Crippen LogP contribution in [0, 0.1) is 11.3 Å². The first-order valence-electron chi connectivity index (χ1n) is 8.39. The van der Waals surface area contributed by atoms with Gasteiger partial charge in [0.15, 0.2) is 0 Å². The molecule has 0 bridgehead atoms. The Morgan fingerprint density at radius 1 is 1.26 bits per heavy atom. The molecule has 10 nitrogen and oxygen atoms in total. The van der Waals surface area contributed by atoms with Gasteiger partial charge in [0, 0.05) is 26.2 Å². The number of rotatable bonds is 5. The molecule has 1 aliphatic rings. The Labute approximate surface area is 157 Å². The minimum absolute atomic E-state index is 0.115. The van der Waals surface area contributed by atoms with Crippen molar-refractivity contribution in [3.63, 3.8) is 0 Å². The third-order valence-electron chi connectivity index (χ3n) is 3.59. The van der Waals surface area contributed by atoms with Crippen molar-refractivity contribution in [1.82, 2.24) is 20.3 Å². The maximum Gasteiger partial charge on any atom is 0.431 e. The summed E-state index contributed by atoms with van der Waals surface area (Å²) < 4.78 is 5.04. The van der Waals surface area contributed by atoms with Crippen LogP contribution in [0.3, 0.4) is 0 Å². The highest BCUT2D eigenvalue weighted by atomic mass is 16.7. The van der Waals surface area contributed by atoms with Crippen LogP contribution in [0.1, 0.15) is 26.3 Å². The number of amides is 1. The Morgan fingerprint density at radius 2 is 1.89 bits per heavy atom. The second-order valence-corrected chi connectivity index (χ2v) is 6.80. The summed E-state index contributed by atoms with van der Waals surface area (Å²) in [6, 6.07) is 1.98. The fourth-order valence-corrected chi connectivity index (χ4v) is 2.37. The Morgan fingerprint density at radius 3 is 2.41 bits per heavy atom. The molecular formula is C17H22N6O4. The molecule has 0 spiro atoms. The summed E-state index contributed by atoms with van der Waals surface area (Å²) in [5.74, 6) is 2.39. The molecule has 1 fully saturated rings. The van der Waals surface area contributed by atoms with E-state index < -0.39 is 11.7 Å². The number of nitriles is 1. The summed E-state index contributed by atoms with van der Waals surface area (Å²) in [5, 5.41) is 8.79. The van der Waals surface area contributed by atoms with Gasteiger partial charge in [0.05, 0.1) is 18.0 Å².